The summed E-state index contributed by atoms with van der Waals surface area (Å²) in [5, 5.41) is 13.2. The molecule has 6 nitrogen and oxygen atoms in total. The van der Waals surface area contributed by atoms with E-state index in [1.807, 2.05) is 49.4 Å². The number of aryl methyl sites for hydroxylation is 1. The number of nitrogens with two attached hydrogens (primary N) is 1. The molecule has 0 fully saturated rings. The maximum absolute atomic E-state index is 6.07. The predicted molar refractivity (Wildman–Crippen MR) is 103 cm³/mol. The minimum Gasteiger partial charge on any atom is -0.334 e. The van der Waals surface area contributed by atoms with Crippen molar-refractivity contribution in [1.29, 1.82) is 0 Å². The summed E-state index contributed by atoms with van der Waals surface area (Å²) < 4.78 is 1.42. The predicted octanol–water partition coefficient (Wildman–Crippen LogP) is 3.43. The van der Waals surface area contributed by atoms with Crippen molar-refractivity contribution in [3.05, 3.63) is 71.3 Å². The molecule has 0 saturated heterocycles. The fourth-order valence-electron chi connectivity index (χ4n) is 2.24. The van der Waals surface area contributed by atoms with E-state index in [2.05, 4.69) is 39.8 Å². The van der Waals surface area contributed by atoms with Gasteiger partial charge < -0.3 is 5.84 Å². The number of rotatable bonds is 6. The molecule has 3 aromatic rings. The number of nitrogen functional groups attached to an aromatic ring is 1. The van der Waals surface area contributed by atoms with Gasteiger partial charge in [0, 0.05) is 5.75 Å². The van der Waals surface area contributed by atoms with Crippen LogP contribution in [0.1, 0.15) is 23.6 Å². The van der Waals surface area contributed by atoms with Crippen LogP contribution in [0.15, 0.2) is 64.9 Å². The van der Waals surface area contributed by atoms with E-state index in [1.54, 1.807) is 11.8 Å². The van der Waals surface area contributed by atoms with Gasteiger partial charge in [-0.05, 0) is 30.5 Å². The highest BCUT2D eigenvalue weighted by Gasteiger charge is 2.10. The molecule has 0 saturated carbocycles. The maximum atomic E-state index is 6.07. The lowest BCUT2D eigenvalue weighted by Gasteiger charge is -2.06. The molecule has 1 aromatic heterocycles. The summed E-state index contributed by atoms with van der Waals surface area (Å²) in [5.74, 6) is 7.26. The van der Waals surface area contributed by atoms with E-state index in [0.717, 1.165) is 17.0 Å². The van der Waals surface area contributed by atoms with Gasteiger partial charge in [0.05, 0.1) is 5.71 Å². The SMILES string of the molecule is C/C(=N\Nc1nnc(SCc2ccccc2C)n1N)c1ccccc1. The molecule has 3 rings (SSSR count). The highest BCUT2D eigenvalue weighted by Crippen LogP contribution is 2.23. The van der Waals surface area contributed by atoms with Crippen LogP contribution in [0.4, 0.5) is 5.95 Å². The Morgan fingerprint density at radius 2 is 1.84 bits per heavy atom. The lowest BCUT2D eigenvalue weighted by atomic mass is 10.1. The molecule has 1 heterocycles. The van der Waals surface area contributed by atoms with Crippen molar-refractivity contribution in [1.82, 2.24) is 14.9 Å². The van der Waals surface area contributed by atoms with Crippen molar-refractivity contribution in [2.45, 2.75) is 24.8 Å². The van der Waals surface area contributed by atoms with Gasteiger partial charge in [0.2, 0.25) is 5.16 Å². The Hall–Kier alpha value is -2.80. The molecule has 3 N–H and O–H groups in total. The number of hydrogen-bond donors (Lipinski definition) is 2. The third-order valence-electron chi connectivity index (χ3n) is 3.80. The van der Waals surface area contributed by atoms with Crippen LogP contribution in [0, 0.1) is 6.92 Å². The topological polar surface area (TPSA) is 81.1 Å². The third-order valence-corrected chi connectivity index (χ3v) is 4.79. The van der Waals surface area contributed by atoms with Crippen LogP contribution in [0.5, 0.6) is 0 Å². The summed E-state index contributed by atoms with van der Waals surface area (Å²) >= 11 is 1.54. The molecule has 0 unspecified atom stereocenters. The molecular weight excluding hydrogens is 332 g/mol. The Balaban J connectivity index is 1.66. The molecule has 0 bridgehead atoms. The molecule has 0 amide bonds. The number of nitrogens with zero attached hydrogens (tertiary/aromatic N) is 4. The van der Waals surface area contributed by atoms with Crippen molar-refractivity contribution in [3.8, 4) is 0 Å². The highest BCUT2D eigenvalue weighted by molar-refractivity contribution is 7.98. The average molecular weight is 352 g/mol. The van der Waals surface area contributed by atoms with Gasteiger partial charge in [0.1, 0.15) is 0 Å². The molecule has 0 aliphatic carbocycles. The van der Waals surface area contributed by atoms with Gasteiger partial charge in [-0.3, -0.25) is 0 Å². The van der Waals surface area contributed by atoms with Crippen molar-refractivity contribution < 1.29 is 0 Å². The van der Waals surface area contributed by atoms with E-state index < -0.39 is 0 Å². The molecule has 0 spiro atoms. The van der Waals surface area contributed by atoms with Crippen LogP contribution in [0.25, 0.3) is 0 Å². The van der Waals surface area contributed by atoms with Gasteiger partial charge in [-0.1, -0.05) is 66.4 Å². The van der Waals surface area contributed by atoms with Crippen molar-refractivity contribution in [2.24, 2.45) is 5.10 Å². The summed E-state index contributed by atoms with van der Waals surface area (Å²) in [6, 6.07) is 18.2. The Bertz CT molecular complexity index is 872. The lowest BCUT2D eigenvalue weighted by molar-refractivity contribution is 0.846. The van der Waals surface area contributed by atoms with Crippen molar-refractivity contribution in [3.63, 3.8) is 0 Å². The second kappa shape index (κ2) is 7.85. The van der Waals surface area contributed by atoms with Crippen molar-refractivity contribution >= 4 is 23.4 Å². The largest absolute Gasteiger partial charge is 0.334 e. The van der Waals surface area contributed by atoms with Crippen LogP contribution >= 0.6 is 11.8 Å². The van der Waals surface area contributed by atoms with Gasteiger partial charge in [-0.25, -0.2) is 10.1 Å². The molecule has 0 atom stereocenters. The number of hydrazone groups is 1. The first-order valence-corrected chi connectivity index (χ1v) is 8.87. The van der Waals surface area contributed by atoms with E-state index >= 15 is 0 Å². The summed E-state index contributed by atoms with van der Waals surface area (Å²) in [5.41, 5.74) is 7.26. The Morgan fingerprint density at radius 3 is 2.60 bits per heavy atom. The Morgan fingerprint density at radius 1 is 1.12 bits per heavy atom. The van der Waals surface area contributed by atoms with Gasteiger partial charge in [-0.15, -0.1) is 10.2 Å². The maximum Gasteiger partial charge on any atom is 0.264 e. The van der Waals surface area contributed by atoms with Gasteiger partial charge >= 0.3 is 0 Å². The summed E-state index contributed by atoms with van der Waals surface area (Å²) in [7, 11) is 0. The van der Waals surface area contributed by atoms with E-state index in [9.17, 15) is 0 Å². The molecule has 25 heavy (non-hydrogen) atoms. The quantitative estimate of drug-likeness (QED) is 0.307. The Kier molecular flexibility index (Phi) is 5.35. The van der Waals surface area contributed by atoms with E-state index in [-0.39, 0.29) is 0 Å². The number of anilines is 1. The monoisotopic (exact) mass is 352 g/mol. The molecule has 2 aromatic carbocycles. The smallest absolute Gasteiger partial charge is 0.264 e. The standard InChI is InChI=1S/C18H20N6S/c1-13-8-6-7-11-16(13)12-25-18-23-22-17(24(18)19)21-20-14(2)15-9-4-3-5-10-15/h3-11H,12,19H2,1-2H3,(H,21,22)/b20-14+. The molecule has 0 aliphatic rings. The third kappa shape index (κ3) is 4.19. The van der Waals surface area contributed by atoms with Crippen LogP contribution in [-0.4, -0.2) is 20.6 Å². The lowest BCUT2D eigenvalue weighted by Crippen LogP contribution is -2.13. The summed E-state index contributed by atoms with van der Waals surface area (Å²) in [6.07, 6.45) is 0. The first kappa shape index (κ1) is 17.0. The first-order chi connectivity index (χ1) is 12.1. The number of nitrogens with one attached hydrogen (secondary N) is 1. The first-order valence-electron chi connectivity index (χ1n) is 7.88. The molecule has 7 heteroatoms. The van der Waals surface area contributed by atoms with Crippen molar-refractivity contribution in [2.75, 3.05) is 11.3 Å². The number of aromatic nitrogens is 3. The van der Waals surface area contributed by atoms with Crippen LogP contribution < -0.4 is 11.3 Å². The molecular formula is C18H20N6S. The fourth-order valence-corrected chi connectivity index (χ4v) is 3.18. The van der Waals surface area contributed by atoms with Gasteiger partial charge in [0.15, 0.2) is 0 Å². The number of hydrogen-bond acceptors (Lipinski definition) is 6. The summed E-state index contributed by atoms with van der Waals surface area (Å²) in [4.78, 5) is 0. The zero-order chi connectivity index (χ0) is 17.6. The number of thioether (sulfide) groups is 1. The second-order valence-electron chi connectivity index (χ2n) is 5.57. The average Bonchev–Trinajstić information content (AvgIpc) is 2.99. The molecule has 0 aliphatic heterocycles. The zero-order valence-electron chi connectivity index (χ0n) is 14.2. The summed E-state index contributed by atoms with van der Waals surface area (Å²) in [6.45, 7) is 4.02. The van der Waals surface area contributed by atoms with Crippen LogP contribution in [-0.2, 0) is 5.75 Å². The van der Waals surface area contributed by atoms with E-state index in [1.165, 1.54) is 15.8 Å². The zero-order valence-corrected chi connectivity index (χ0v) is 15.0. The van der Waals surface area contributed by atoms with Crippen LogP contribution in [0.2, 0.25) is 0 Å². The minimum absolute atomic E-state index is 0.405. The number of benzene rings is 2. The van der Waals surface area contributed by atoms with E-state index in [4.69, 9.17) is 5.84 Å². The van der Waals surface area contributed by atoms with Gasteiger partial charge in [0.25, 0.3) is 5.95 Å². The second-order valence-corrected chi connectivity index (χ2v) is 6.51. The fraction of sp³-hybridized carbons (Fsp3) is 0.167. The molecule has 128 valence electrons. The Labute approximate surface area is 151 Å². The minimum atomic E-state index is 0.405. The highest BCUT2D eigenvalue weighted by atomic mass is 32.2. The molecule has 0 radical (unpaired) electrons. The van der Waals surface area contributed by atoms with Crippen LogP contribution in [0.3, 0.4) is 0 Å². The van der Waals surface area contributed by atoms with Gasteiger partial charge in [-0.2, -0.15) is 5.10 Å². The van der Waals surface area contributed by atoms with E-state index in [0.29, 0.717) is 11.1 Å². The normalized spacial score (nSPS) is 11.5.